The van der Waals surface area contributed by atoms with Gasteiger partial charge in [-0.15, -0.1) is 0 Å². The molecule has 0 bridgehead atoms. The Morgan fingerprint density at radius 1 is 1.30 bits per heavy atom. The lowest BCUT2D eigenvalue weighted by Crippen LogP contribution is -2.43. The molecule has 0 saturated heterocycles. The monoisotopic (exact) mass is 321 g/mol. The summed E-state index contributed by atoms with van der Waals surface area (Å²) in [6.45, 7) is 9.80. The summed E-state index contributed by atoms with van der Waals surface area (Å²) in [7, 11) is -2.89. The van der Waals surface area contributed by atoms with E-state index in [1.807, 2.05) is 11.8 Å². The van der Waals surface area contributed by atoms with Crippen LogP contribution in [0.5, 0.6) is 0 Å². The molecule has 3 unspecified atom stereocenters. The van der Waals surface area contributed by atoms with Crippen molar-refractivity contribution in [3.05, 3.63) is 0 Å². The van der Waals surface area contributed by atoms with Crippen LogP contribution in [0.15, 0.2) is 0 Å². The van der Waals surface area contributed by atoms with Crippen molar-refractivity contribution >= 4 is 21.6 Å². The first kappa shape index (κ1) is 18.3. The fourth-order valence-corrected chi connectivity index (χ4v) is 5.16. The number of rotatable bonds is 6. The fraction of sp³-hybridized carbons (Fsp3) is 1.00. The van der Waals surface area contributed by atoms with Gasteiger partial charge in [0.2, 0.25) is 0 Å². The predicted molar refractivity (Wildman–Crippen MR) is 90.3 cm³/mol. The Labute approximate surface area is 129 Å². The highest BCUT2D eigenvalue weighted by Crippen LogP contribution is 2.33. The summed E-state index contributed by atoms with van der Waals surface area (Å²) in [5, 5.41) is 3.46. The van der Waals surface area contributed by atoms with E-state index in [0.29, 0.717) is 12.0 Å². The van der Waals surface area contributed by atoms with Crippen molar-refractivity contribution < 1.29 is 8.42 Å². The van der Waals surface area contributed by atoms with E-state index in [0.717, 1.165) is 38.0 Å². The molecular formula is C15H31NO2S2. The summed E-state index contributed by atoms with van der Waals surface area (Å²) in [4.78, 5) is 0. The zero-order valence-corrected chi connectivity index (χ0v) is 15.2. The summed E-state index contributed by atoms with van der Waals surface area (Å²) in [5.74, 6) is 1.57. The first-order valence-electron chi connectivity index (χ1n) is 7.69. The largest absolute Gasteiger partial charge is 0.313 e. The Balaban J connectivity index is 2.66. The third kappa shape index (κ3) is 6.35. The van der Waals surface area contributed by atoms with Crippen LogP contribution in [0.4, 0.5) is 0 Å². The molecule has 0 aromatic carbocycles. The van der Waals surface area contributed by atoms with Crippen molar-refractivity contribution in [2.45, 2.75) is 69.4 Å². The molecule has 0 aliphatic heterocycles. The van der Waals surface area contributed by atoms with Crippen molar-refractivity contribution in [3.63, 3.8) is 0 Å². The Bertz CT molecular complexity index is 387. The zero-order chi connectivity index (χ0) is 15.4. The van der Waals surface area contributed by atoms with Crippen molar-refractivity contribution in [1.82, 2.24) is 5.32 Å². The van der Waals surface area contributed by atoms with Crippen LogP contribution in [0, 0.1) is 5.92 Å². The van der Waals surface area contributed by atoms with Gasteiger partial charge in [-0.05, 0) is 31.7 Å². The van der Waals surface area contributed by atoms with Crippen molar-refractivity contribution in [3.8, 4) is 0 Å². The SMILES string of the molecule is CCNC(CSC(C)(C)C)C1CCCC(S(C)(=O)=O)C1. The van der Waals surface area contributed by atoms with Gasteiger partial charge in [0.25, 0.3) is 0 Å². The van der Waals surface area contributed by atoms with Gasteiger partial charge in [-0.1, -0.05) is 34.1 Å². The highest BCUT2D eigenvalue weighted by Gasteiger charge is 2.33. The van der Waals surface area contributed by atoms with Crippen LogP contribution in [0.25, 0.3) is 0 Å². The molecule has 1 N–H and O–H groups in total. The maximum absolute atomic E-state index is 11.8. The molecule has 0 amide bonds. The molecule has 1 aliphatic rings. The minimum atomic E-state index is -2.89. The molecule has 0 radical (unpaired) electrons. The van der Waals surface area contributed by atoms with E-state index < -0.39 is 9.84 Å². The maximum atomic E-state index is 11.8. The van der Waals surface area contributed by atoms with E-state index in [1.54, 1.807) is 0 Å². The lowest BCUT2D eigenvalue weighted by molar-refractivity contribution is 0.288. The Kier molecular flexibility index (Phi) is 6.87. The number of nitrogens with one attached hydrogen (secondary N) is 1. The second-order valence-corrected chi connectivity index (χ2v) is 11.1. The quantitative estimate of drug-likeness (QED) is 0.816. The lowest BCUT2D eigenvalue weighted by atomic mass is 9.84. The maximum Gasteiger partial charge on any atom is 0.150 e. The van der Waals surface area contributed by atoms with Crippen LogP contribution in [0.3, 0.4) is 0 Å². The van der Waals surface area contributed by atoms with Gasteiger partial charge in [0.1, 0.15) is 9.84 Å². The molecule has 0 heterocycles. The van der Waals surface area contributed by atoms with Crippen LogP contribution < -0.4 is 5.32 Å². The zero-order valence-electron chi connectivity index (χ0n) is 13.6. The van der Waals surface area contributed by atoms with Crippen LogP contribution in [-0.2, 0) is 9.84 Å². The summed E-state index contributed by atoms with van der Waals surface area (Å²) in [6.07, 6.45) is 5.28. The normalized spacial score (nSPS) is 26.4. The van der Waals surface area contributed by atoms with Gasteiger partial charge in [-0.3, -0.25) is 0 Å². The molecular weight excluding hydrogens is 290 g/mol. The standard InChI is InChI=1S/C15H31NO2S2/c1-6-16-14(11-19-15(2,3)4)12-8-7-9-13(10-12)20(5,17)18/h12-14,16H,6-11H2,1-5H3. The molecule has 1 rings (SSSR count). The topological polar surface area (TPSA) is 46.2 Å². The number of sulfone groups is 1. The average molecular weight is 322 g/mol. The van der Waals surface area contributed by atoms with Crippen LogP contribution >= 0.6 is 11.8 Å². The fourth-order valence-electron chi connectivity index (χ4n) is 2.90. The molecule has 1 fully saturated rings. The third-order valence-electron chi connectivity index (χ3n) is 4.00. The van der Waals surface area contributed by atoms with Gasteiger partial charge in [-0.2, -0.15) is 11.8 Å². The van der Waals surface area contributed by atoms with Crippen molar-refractivity contribution in [1.29, 1.82) is 0 Å². The van der Waals surface area contributed by atoms with Gasteiger partial charge in [0, 0.05) is 22.8 Å². The van der Waals surface area contributed by atoms with Crippen molar-refractivity contribution in [2.24, 2.45) is 5.92 Å². The Morgan fingerprint density at radius 3 is 2.45 bits per heavy atom. The van der Waals surface area contributed by atoms with Crippen LogP contribution in [0.2, 0.25) is 0 Å². The molecule has 0 aromatic heterocycles. The van der Waals surface area contributed by atoms with Crippen molar-refractivity contribution in [2.75, 3.05) is 18.6 Å². The first-order valence-corrected chi connectivity index (χ1v) is 10.6. The summed E-state index contributed by atoms with van der Waals surface area (Å²) >= 11 is 1.97. The summed E-state index contributed by atoms with van der Waals surface area (Å²) < 4.78 is 23.9. The van der Waals surface area contributed by atoms with E-state index in [4.69, 9.17) is 0 Å². The Morgan fingerprint density at radius 2 is 1.95 bits per heavy atom. The highest BCUT2D eigenvalue weighted by molar-refractivity contribution is 8.00. The second kappa shape index (κ2) is 7.50. The minimum Gasteiger partial charge on any atom is -0.313 e. The van der Waals surface area contributed by atoms with E-state index in [1.165, 1.54) is 6.26 Å². The minimum absolute atomic E-state index is 0.123. The Hall–Kier alpha value is 0.260. The van der Waals surface area contributed by atoms with Gasteiger partial charge in [-0.25, -0.2) is 8.42 Å². The lowest BCUT2D eigenvalue weighted by Gasteiger charge is -2.35. The van der Waals surface area contributed by atoms with E-state index >= 15 is 0 Å². The number of hydrogen-bond acceptors (Lipinski definition) is 4. The summed E-state index contributed by atoms with van der Waals surface area (Å²) in [5.41, 5.74) is 0. The molecule has 0 aromatic rings. The molecule has 120 valence electrons. The first-order chi connectivity index (χ1) is 9.13. The predicted octanol–water partition coefficient (Wildman–Crippen LogP) is 3.10. The molecule has 5 heteroatoms. The second-order valence-electron chi connectivity index (χ2n) is 6.97. The smallest absolute Gasteiger partial charge is 0.150 e. The highest BCUT2D eigenvalue weighted by atomic mass is 32.2. The molecule has 3 nitrogen and oxygen atoms in total. The van der Waals surface area contributed by atoms with Crippen LogP contribution in [0.1, 0.15) is 53.4 Å². The molecule has 3 atom stereocenters. The average Bonchev–Trinajstić information content (AvgIpc) is 2.32. The molecule has 0 spiro atoms. The van der Waals surface area contributed by atoms with Crippen LogP contribution in [-0.4, -0.2) is 43.0 Å². The number of thioether (sulfide) groups is 1. The summed E-state index contributed by atoms with van der Waals surface area (Å²) in [6, 6.07) is 0.439. The van der Waals surface area contributed by atoms with Gasteiger partial charge in [0.15, 0.2) is 0 Å². The molecule has 1 saturated carbocycles. The van der Waals surface area contributed by atoms with E-state index in [-0.39, 0.29) is 10.00 Å². The molecule has 20 heavy (non-hydrogen) atoms. The van der Waals surface area contributed by atoms with Gasteiger partial charge >= 0.3 is 0 Å². The third-order valence-corrected chi connectivity index (χ3v) is 7.03. The molecule has 1 aliphatic carbocycles. The van der Waals surface area contributed by atoms with E-state index in [9.17, 15) is 8.42 Å². The van der Waals surface area contributed by atoms with Gasteiger partial charge < -0.3 is 5.32 Å². The van der Waals surface area contributed by atoms with E-state index in [2.05, 4.69) is 33.0 Å². The van der Waals surface area contributed by atoms with Gasteiger partial charge in [0.05, 0.1) is 5.25 Å². The number of hydrogen-bond donors (Lipinski definition) is 1.